The molecule has 74 valence electrons. The first kappa shape index (κ1) is 10.6. The lowest BCUT2D eigenvalue weighted by Gasteiger charge is -2.05. The van der Waals surface area contributed by atoms with E-state index in [1.165, 1.54) is 0 Å². The molecule has 4 nitrogen and oxygen atoms in total. The smallest absolute Gasteiger partial charge is 0.168 e. The third-order valence-electron chi connectivity index (χ3n) is 1.54. The van der Waals surface area contributed by atoms with E-state index in [4.69, 9.17) is 9.84 Å². The van der Waals surface area contributed by atoms with E-state index in [-0.39, 0.29) is 6.61 Å². The number of aliphatic hydroxyl groups excluding tert-OH is 1. The Morgan fingerprint density at radius 2 is 2.54 bits per heavy atom. The van der Waals surface area contributed by atoms with Crippen molar-refractivity contribution in [2.45, 2.75) is 11.7 Å². The highest BCUT2D eigenvalue weighted by molar-refractivity contribution is 7.99. The van der Waals surface area contributed by atoms with Crippen LogP contribution in [0.15, 0.2) is 17.6 Å². The molecule has 1 rings (SSSR count). The van der Waals surface area contributed by atoms with Crippen LogP contribution in [0.3, 0.4) is 0 Å². The van der Waals surface area contributed by atoms with Crippen LogP contribution in [0.25, 0.3) is 0 Å². The van der Waals surface area contributed by atoms with E-state index in [2.05, 4.69) is 4.98 Å². The van der Waals surface area contributed by atoms with Crippen molar-refractivity contribution in [1.82, 2.24) is 9.55 Å². The fourth-order valence-corrected chi connectivity index (χ4v) is 1.66. The first-order valence-electron chi connectivity index (χ1n) is 4.12. The molecule has 0 amide bonds. The van der Waals surface area contributed by atoms with Crippen molar-refractivity contribution in [3.63, 3.8) is 0 Å². The lowest BCUT2D eigenvalue weighted by Crippen LogP contribution is -2.04. The largest absolute Gasteiger partial charge is 0.396 e. The van der Waals surface area contributed by atoms with Crippen LogP contribution in [0.4, 0.5) is 0 Å². The quantitative estimate of drug-likeness (QED) is 0.687. The molecule has 13 heavy (non-hydrogen) atoms. The van der Waals surface area contributed by atoms with Crippen molar-refractivity contribution in [2.75, 3.05) is 26.1 Å². The summed E-state index contributed by atoms with van der Waals surface area (Å²) < 4.78 is 6.99. The summed E-state index contributed by atoms with van der Waals surface area (Å²) in [5.74, 6) is 0.685. The summed E-state index contributed by atoms with van der Waals surface area (Å²) in [7, 11) is 1.68. The first-order valence-corrected chi connectivity index (χ1v) is 5.10. The van der Waals surface area contributed by atoms with Crippen molar-refractivity contribution < 1.29 is 9.84 Å². The highest BCUT2D eigenvalue weighted by atomic mass is 32.2. The summed E-state index contributed by atoms with van der Waals surface area (Å²) >= 11 is 1.55. The minimum absolute atomic E-state index is 0.182. The standard InChI is InChI=1S/C8H14N2O2S/c1-12-6-4-10-3-2-9-8(10)13-7-5-11/h2-3,11H,4-7H2,1H3. The molecule has 0 saturated carbocycles. The van der Waals surface area contributed by atoms with E-state index in [0.29, 0.717) is 12.4 Å². The fourth-order valence-electron chi connectivity index (χ4n) is 0.932. The second-order valence-electron chi connectivity index (χ2n) is 2.47. The van der Waals surface area contributed by atoms with Crippen molar-refractivity contribution in [1.29, 1.82) is 0 Å². The van der Waals surface area contributed by atoms with Crippen molar-refractivity contribution in [3.05, 3.63) is 12.4 Å². The summed E-state index contributed by atoms with van der Waals surface area (Å²) in [6, 6.07) is 0. The molecule has 1 heterocycles. The third kappa shape index (κ3) is 3.38. The molecule has 0 spiro atoms. The molecular formula is C8H14N2O2S. The van der Waals surface area contributed by atoms with Gasteiger partial charge in [0.05, 0.1) is 13.2 Å². The van der Waals surface area contributed by atoms with Gasteiger partial charge in [-0.25, -0.2) is 4.98 Å². The lowest BCUT2D eigenvalue weighted by molar-refractivity contribution is 0.184. The van der Waals surface area contributed by atoms with E-state index >= 15 is 0 Å². The van der Waals surface area contributed by atoms with Crippen LogP contribution in [0.5, 0.6) is 0 Å². The zero-order chi connectivity index (χ0) is 9.52. The molecule has 0 aromatic carbocycles. The van der Waals surface area contributed by atoms with Crippen LogP contribution in [-0.4, -0.2) is 40.7 Å². The van der Waals surface area contributed by atoms with E-state index in [9.17, 15) is 0 Å². The average Bonchev–Trinajstić information content (AvgIpc) is 2.59. The van der Waals surface area contributed by atoms with Gasteiger partial charge in [0.15, 0.2) is 5.16 Å². The monoisotopic (exact) mass is 202 g/mol. The highest BCUT2D eigenvalue weighted by Crippen LogP contribution is 2.14. The molecule has 0 unspecified atom stereocenters. The topological polar surface area (TPSA) is 47.3 Å². The summed E-state index contributed by atoms with van der Waals surface area (Å²) in [5.41, 5.74) is 0. The van der Waals surface area contributed by atoms with Gasteiger partial charge in [-0.05, 0) is 0 Å². The maximum absolute atomic E-state index is 8.65. The van der Waals surface area contributed by atoms with E-state index < -0.39 is 0 Å². The highest BCUT2D eigenvalue weighted by Gasteiger charge is 2.01. The second-order valence-corrected chi connectivity index (χ2v) is 3.53. The molecule has 1 aromatic heterocycles. The molecule has 1 N–H and O–H groups in total. The van der Waals surface area contributed by atoms with Gasteiger partial charge in [-0.15, -0.1) is 0 Å². The zero-order valence-electron chi connectivity index (χ0n) is 7.64. The molecule has 0 radical (unpaired) electrons. The fraction of sp³-hybridized carbons (Fsp3) is 0.625. The van der Waals surface area contributed by atoms with Gasteiger partial charge in [0.1, 0.15) is 0 Å². The van der Waals surface area contributed by atoms with Crippen LogP contribution in [0, 0.1) is 0 Å². The Hall–Kier alpha value is -0.520. The van der Waals surface area contributed by atoms with Gasteiger partial charge < -0.3 is 14.4 Å². The van der Waals surface area contributed by atoms with Crippen LogP contribution in [0.1, 0.15) is 0 Å². The summed E-state index contributed by atoms with van der Waals surface area (Å²) in [6.45, 7) is 1.68. The Kier molecular flexibility index (Phi) is 4.88. The molecule has 0 saturated heterocycles. The normalized spacial score (nSPS) is 10.6. The zero-order valence-corrected chi connectivity index (χ0v) is 8.46. The van der Waals surface area contributed by atoms with Crippen molar-refractivity contribution in [2.24, 2.45) is 0 Å². The maximum atomic E-state index is 8.65. The number of thioether (sulfide) groups is 1. The molecule has 5 heteroatoms. The lowest BCUT2D eigenvalue weighted by atomic mass is 10.7. The summed E-state index contributed by atoms with van der Waals surface area (Å²) in [6.07, 6.45) is 3.67. The Morgan fingerprint density at radius 3 is 3.23 bits per heavy atom. The van der Waals surface area contributed by atoms with Gasteiger partial charge in [-0.1, -0.05) is 11.8 Å². The molecule has 0 aliphatic carbocycles. The third-order valence-corrected chi connectivity index (χ3v) is 2.52. The van der Waals surface area contributed by atoms with Crippen molar-refractivity contribution in [3.8, 4) is 0 Å². The summed E-state index contributed by atoms with van der Waals surface area (Å²) in [4.78, 5) is 4.17. The molecule has 0 aliphatic rings. The maximum Gasteiger partial charge on any atom is 0.168 e. The Labute approximate surface area is 81.9 Å². The predicted molar refractivity (Wildman–Crippen MR) is 51.9 cm³/mol. The molecule has 0 bridgehead atoms. The van der Waals surface area contributed by atoms with E-state index in [1.54, 1.807) is 25.1 Å². The van der Waals surface area contributed by atoms with Gasteiger partial charge in [0, 0.05) is 31.8 Å². The number of imidazole rings is 1. The number of rotatable bonds is 6. The average molecular weight is 202 g/mol. The predicted octanol–water partition coefficient (Wildman–Crippen LogP) is 0.614. The Balaban J connectivity index is 2.45. The van der Waals surface area contributed by atoms with E-state index in [1.807, 2.05) is 10.8 Å². The van der Waals surface area contributed by atoms with Gasteiger partial charge in [0.2, 0.25) is 0 Å². The molecule has 1 aromatic rings. The molecular weight excluding hydrogens is 188 g/mol. The summed E-state index contributed by atoms with van der Waals surface area (Å²) in [5, 5.41) is 9.59. The number of nitrogens with zero attached hydrogens (tertiary/aromatic N) is 2. The number of methoxy groups -OCH3 is 1. The minimum Gasteiger partial charge on any atom is -0.396 e. The van der Waals surface area contributed by atoms with Gasteiger partial charge in [-0.3, -0.25) is 0 Å². The number of hydrogen-bond acceptors (Lipinski definition) is 4. The number of ether oxygens (including phenoxy) is 1. The van der Waals surface area contributed by atoms with Crippen LogP contribution >= 0.6 is 11.8 Å². The van der Waals surface area contributed by atoms with Gasteiger partial charge in [0.25, 0.3) is 0 Å². The molecule has 0 fully saturated rings. The SMILES string of the molecule is COCCn1ccnc1SCCO. The van der Waals surface area contributed by atoms with Crippen LogP contribution < -0.4 is 0 Å². The Morgan fingerprint density at radius 1 is 1.69 bits per heavy atom. The minimum atomic E-state index is 0.182. The van der Waals surface area contributed by atoms with Crippen LogP contribution in [0.2, 0.25) is 0 Å². The van der Waals surface area contributed by atoms with Gasteiger partial charge >= 0.3 is 0 Å². The van der Waals surface area contributed by atoms with Crippen molar-refractivity contribution >= 4 is 11.8 Å². The van der Waals surface area contributed by atoms with E-state index in [0.717, 1.165) is 11.7 Å². The first-order chi connectivity index (χ1) is 6.38. The number of aromatic nitrogens is 2. The van der Waals surface area contributed by atoms with Gasteiger partial charge in [-0.2, -0.15) is 0 Å². The molecule has 0 aliphatic heterocycles. The second kappa shape index (κ2) is 6.01. The number of hydrogen-bond donors (Lipinski definition) is 1. The molecule has 0 atom stereocenters. The van der Waals surface area contributed by atoms with Crippen LogP contribution in [-0.2, 0) is 11.3 Å². The Bertz CT molecular complexity index is 217. The number of aliphatic hydroxyl groups is 1.